The Morgan fingerprint density at radius 1 is 1.42 bits per heavy atom. The van der Waals surface area contributed by atoms with E-state index in [2.05, 4.69) is 0 Å². The van der Waals surface area contributed by atoms with E-state index in [4.69, 9.17) is 4.74 Å². The average Bonchev–Trinajstić information content (AvgIpc) is 2.31. The lowest BCUT2D eigenvalue weighted by Crippen LogP contribution is -1.95. The van der Waals surface area contributed by atoms with Gasteiger partial charge in [0.2, 0.25) is 0 Å². The summed E-state index contributed by atoms with van der Waals surface area (Å²) < 4.78 is 30.8. The predicted octanol–water partition coefficient (Wildman–Crippen LogP) is 2.46. The van der Waals surface area contributed by atoms with Crippen molar-refractivity contribution in [2.24, 2.45) is 0 Å². The van der Waals surface area contributed by atoms with Crippen molar-refractivity contribution in [2.75, 3.05) is 6.61 Å². The van der Waals surface area contributed by atoms with E-state index in [0.717, 1.165) is 6.07 Å². The first-order valence-corrected chi connectivity index (χ1v) is 3.80. The van der Waals surface area contributed by atoms with Crippen LogP contribution in [0.2, 0.25) is 0 Å². The van der Waals surface area contributed by atoms with Crippen molar-refractivity contribution in [1.29, 1.82) is 0 Å². The monoisotopic (exact) mass is 170 g/mol. The Hall–Kier alpha value is -1.12. The van der Waals surface area contributed by atoms with Gasteiger partial charge in [-0.2, -0.15) is 0 Å². The molecule has 1 aliphatic heterocycles. The Morgan fingerprint density at radius 2 is 2.17 bits per heavy atom. The molecule has 0 saturated heterocycles. The maximum absolute atomic E-state index is 13.1. The third-order valence-corrected chi connectivity index (χ3v) is 2.04. The number of hydrogen-bond donors (Lipinski definition) is 0. The summed E-state index contributed by atoms with van der Waals surface area (Å²) in [4.78, 5) is 0. The summed E-state index contributed by atoms with van der Waals surface area (Å²) in [6.07, 6.45) is 0. The molecule has 1 nitrogen and oxygen atoms in total. The third kappa shape index (κ3) is 0.967. The van der Waals surface area contributed by atoms with Gasteiger partial charge in [0.25, 0.3) is 0 Å². The third-order valence-electron chi connectivity index (χ3n) is 2.04. The molecule has 0 amide bonds. The van der Waals surface area contributed by atoms with Gasteiger partial charge in [-0.3, -0.25) is 0 Å². The van der Waals surface area contributed by atoms with Crippen molar-refractivity contribution in [3.63, 3.8) is 0 Å². The fourth-order valence-electron chi connectivity index (χ4n) is 1.46. The number of rotatable bonds is 0. The Morgan fingerprint density at radius 3 is 2.92 bits per heavy atom. The van der Waals surface area contributed by atoms with Crippen molar-refractivity contribution in [2.45, 2.75) is 12.8 Å². The van der Waals surface area contributed by atoms with Gasteiger partial charge >= 0.3 is 0 Å². The van der Waals surface area contributed by atoms with Gasteiger partial charge in [-0.15, -0.1) is 0 Å². The van der Waals surface area contributed by atoms with Crippen LogP contribution in [-0.4, -0.2) is 6.61 Å². The minimum atomic E-state index is -0.583. The molecule has 1 unspecified atom stereocenters. The SMILES string of the molecule is CC1COc2cc(F)cc(F)c21. The van der Waals surface area contributed by atoms with Crippen molar-refractivity contribution in [3.8, 4) is 5.75 Å². The minimum Gasteiger partial charge on any atom is -0.492 e. The highest BCUT2D eigenvalue weighted by Gasteiger charge is 2.24. The number of fused-ring (bicyclic) bond motifs is 1. The van der Waals surface area contributed by atoms with Crippen LogP contribution >= 0.6 is 0 Å². The molecule has 2 rings (SSSR count). The van der Waals surface area contributed by atoms with Crippen LogP contribution in [0.5, 0.6) is 5.75 Å². The molecular weight excluding hydrogens is 162 g/mol. The fraction of sp³-hybridized carbons (Fsp3) is 0.333. The van der Waals surface area contributed by atoms with Crippen LogP contribution in [0.25, 0.3) is 0 Å². The maximum Gasteiger partial charge on any atom is 0.133 e. The lowest BCUT2D eigenvalue weighted by Gasteiger charge is -2.01. The van der Waals surface area contributed by atoms with Gasteiger partial charge in [-0.25, -0.2) is 8.78 Å². The van der Waals surface area contributed by atoms with Crippen molar-refractivity contribution in [3.05, 3.63) is 29.3 Å². The van der Waals surface area contributed by atoms with Gasteiger partial charge in [-0.1, -0.05) is 6.92 Å². The van der Waals surface area contributed by atoms with Gasteiger partial charge in [0.15, 0.2) is 0 Å². The maximum atomic E-state index is 13.1. The zero-order chi connectivity index (χ0) is 8.72. The first-order chi connectivity index (χ1) is 5.68. The van der Waals surface area contributed by atoms with Crippen molar-refractivity contribution >= 4 is 0 Å². The summed E-state index contributed by atoms with van der Waals surface area (Å²) in [6, 6.07) is 2.12. The smallest absolute Gasteiger partial charge is 0.133 e. The highest BCUT2D eigenvalue weighted by molar-refractivity contribution is 5.40. The molecule has 1 heterocycles. The van der Waals surface area contributed by atoms with E-state index < -0.39 is 11.6 Å². The Labute approximate surface area is 69.0 Å². The van der Waals surface area contributed by atoms with E-state index in [1.165, 1.54) is 6.07 Å². The van der Waals surface area contributed by atoms with E-state index in [1.807, 2.05) is 6.92 Å². The quantitative estimate of drug-likeness (QED) is 0.581. The molecule has 1 aromatic rings. The first kappa shape index (κ1) is 7.53. The molecule has 0 aromatic heterocycles. The van der Waals surface area contributed by atoms with Crippen LogP contribution in [0.4, 0.5) is 8.78 Å². The zero-order valence-electron chi connectivity index (χ0n) is 6.60. The topological polar surface area (TPSA) is 9.23 Å². The second-order valence-electron chi connectivity index (χ2n) is 3.01. The van der Waals surface area contributed by atoms with E-state index in [-0.39, 0.29) is 5.92 Å². The Kier molecular flexibility index (Phi) is 1.53. The summed E-state index contributed by atoms with van der Waals surface area (Å²) in [5.41, 5.74) is 0.497. The van der Waals surface area contributed by atoms with Crippen molar-refractivity contribution in [1.82, 2.24) is 0 Å². The molecule has 0 saturated carbocycles. The van der Waals surface area contributed by atoms with E-state index in [9.17, 15) is 8.78 Å². The molecule has 0 spiro atoms. The van der Waals surface area contributed by atoms with Crippen LogP contribution in [0, 0.1) is 11.6 Å². The van der Waals surface area contributed by atoms with Gasteiger partial charge in [-0.05, 0) is 0 Å². The molecule has 0 radical (unpaired) electrons. The molecule has 0 fully saturated rings. The summed E-state index contributed by atoms with van der Waals surface area (Å²) in [7, 11) is 0. The van der Waals surface area contributed by atoms with Crippen LogP contribution in [0.15, 0.2) is 12.1 Å². The van der Waals surface area contributed by atoms with E-state index in [0.29, 0.717) is 17.9 Å². The Bertz CT molecular complexity index is 323. The van der Waals surface area contributed by atoms with Crippen LogP contribution in [0.1, 0.15) is 18.4 Å². The van der Waals surface area contributed by atoms with E-state index >= 15 is 0 Å². The number of benzene rings is 1. The van der Waals surface area contributed by atoms with Gasteiger partial charge < -0.3 is 4.74 Å². The summed E-state index contributed by atoms with van der Waals surface area (Å²) >= 11 is 0. The van der Waals surface area contributed by atoms with Gasteiger partial charge in [0.05, 0.1) is 6.61 Å². The zero-order valence-corrected chi connectivity index (χ0v) is 6.60. The van der Waals surface area contributed by atoms with E-state index in [1.54, 1.807) is 0 Å². The fourth-order valence-corrected chi connectivity index (χ4v) is 1.46. The molecule has 1 atom stereocenters. The number of hydrogen-bond acceptors (Lipinski definition) is 1. The highest BCUT2D eigenvalue weighted by Crippen LogP contribution is 2.35. The van der Waals surface area contributed by atoms with Gasteiger partial charge in [0.1, 0.15) is 17.4 Å². The average molecular weight is 170 g/mol. The van der Waals surface area contributed by atoms with Gasteiger partial charge in [0, 0.05) is 23.6 Å². The molecule has 0 aliphatic carbocycles. The van der Waals surface area contributed by atoms with Crippen molar-refractivity contribution < 1.29 is 13.5 Å². The molecular formula is C9H8F2O. The summed E-state index contributed by atoms with van der Waals surface area (Å²) in [5, 5.41) is 0. The molecule has 3 heteroatoms. The number of ether oxygens (including phenoxy) is 1. The Balaban J connectivity index is 2.60. The molecule has 1 aliphatic rings. The molecule has 0 bridgehead atoms. The second kappa shape index (κ2) is 2.44. The predicted molar refractivity (Wildman–Crippen MR) is 40.3 cm³/mol. The summed E-state index contributed by atoms with van der Waals surface area (Å²) in [6.45, 7) is 2.29. The number of halogens is 2. The van der Waals surface area contributed by atoms with Crippen LogP contribution in [0.3, 0.4) is 0 Å². The lowest BCUT2D eigenvalue weighted by atomic mass is 10.0. The molecule has 64 valence electrons. The molecule has 12 heavy (non-hydrogen) atoms. The lowest BCUT2D eigenvalue weighted by molar-refractivity contribution is 0.336. The first-order valence-electron chi connectivity index (χ1n) is 3.80. The summed E-state index contributed by atoms with van der Waals surface area (Å²) in [5.74, 6) is -0.712. The second-order valence-corrected chi connectivity index (χ2v) is 3.01. The van der Waals surface area contributed by atoms with Crippen LogP contribution in [-0.2, 0) is 0 Å². The minimum absolute atomic E-state index is 0.0283. The molecule has 1 aromatic carbocycles. The van der Waals surface area contributed by atoms with Crippen LogP contribution < -0.4 is 4.74 Å². The standard InChI is InChI=1S/C9H8F2O/c1-5-4-12-8-3-6(10)2-7(11)9(5)8/h2-3,5H,4H2,1H3. The largest absolute Gasteiger partial charge is 0.492 e. The normalized spacial score (nSPS) is 20.4. The molecule has 0 N–H and O–H groups in total. The highest BCUT2D eigenvalue weighted by atomic mass is 19.1.